The zero-order chi connectivity index (χ0) is 14.0. The van der Waals surface area contributed by atoms with Gasteiger partial charge in [-0.05, 0) is 58.7 Å². The first-order chi connectivity index (χ1) is 8.99. The maximum absolute atomic E-state index is 13.1. The fourth-order valence-corrected chi connectivity index (χ4v) is 2.37. The van der Waals surface area contributed by atoms with Gasteiger partial charge in [-0.2, -0.15) is 0 Å². The van der Waals surface area contributed by atoms with E-state index in [-0.39, 0.29) is 11.7 Å². The summed E-state index contributed by atoms with van der Waals surface area (Å²) in [6, 6.07) is 9.76. The van der Waals surface area contributed by atoms with E-state index >= 15 is 0 Å². The zero-order valence-electron chi connectivity index (χ0n) is 10.0. The lowest BCUT2D eigenvalue weighted by atomic mass is 10.1. The van der Waals surface area contributed by atoms with Crippen molar-refractivity contribution in [3.8, 4) is 0 Å². The summed E-state index contributed by atoms with van der Waals surface area (Å²) in [6.45, 7) is 1.86. The smallest absolute Gasteiger partial charge is 0.255 e. The van der Waals surface area contributed by atoms with Crippen LogP contribution < -0.4 is 5.32 Å². The third-order valence-electron chi connectivity index (χ3n) is 2.69. The number of nitrogens with one attached hydrogen (secondary N) is 1. The zero-order valence-corrected chi connectivity index (χ0v) is 13.2. The maximum Gasteiger partial charge on any atom is 0.255 e. The molecule has 2 aromatic rings. The van der Waals surface area contributed by atoms with Crippen LogP contribution in [0.25, 0.3) is 0 Å². The second-order valence-electron chi connectivity index (χ2n) is 4.00. The Labute approximate surface area is 127 Å². The number of benzene rings is 2. The minimum Gasteiger partial charge on any atom is -0.322 e. The number of anilines is 1. The number of hydrogen-bond acceptors (Lipinski definition) is 1. The molecule has 0 radical (unpaired) electrons. The van der Waals surface area contributed by atoms with Gasteiger partial charge in [-0.25, -0.2) is 4.39 Å². The Hall–Kier alpha value is -1.20. The fourth-order valence-electron chi connectivity index (χ4n) is 1.63. The van der Waals surface area contributed by atoms with Crippen molar-refractivity contribution in [2.24, 2.45) is 0 Å². The van der Waals surface area contributed by atoms with Crippen molar-refractivity contribution in [1.82, 2.24) is 0 Å². The van der Waals surface area contributed by atoms with Crippen LogP contribution in [0.3, 0.4) is 0 Å². The SMILES string of the molecule is Cc1c(Br)cccc1C(=O)Nc1ccc(F)c(Br)c1. The van der Waals surface area contributed by atoms with Gasteiger partial charge in [0.25, 0.3) is 5.91 Å². The van der Waals surface area contributed by atoms with Crippen molar-refractivity contribution >= 4 is 43.5 Å². The molecule has 0 aliphatic heterocycles. The average Bonchev–Trinajstić information content (AvgIpc) is 2.37. The Bertz CT molecular complexity index is 643. The summed E-state index contributed by atoms with van der Waals surface area (Å²) in [5, 5.41) is 2.74. The second kappa shape index (κ2) is 5.84. The molecule has 0 atom stereocenters. The highest BCUT2D eigenvalue weighted by atomic mass is 79.9. The first kappa shape index (κ1) is 14.2. The Morgan fingerprint density at radius 1 is 1.16 bits per heavy atom. The topological polar surface area (TPSA) is 29.1 Å². The summed E-state index contributed by atoms with van der Waals surface area (Å²) in [5.74, 6) is -0.589. The molecule has 2 rings (SSSR count). The monoisotopic (exact) mass is 385 g/mol. The lowest BCUT2D eigenvalue weighted by Gasteiger charge is -2.09. The number of hydrogen-bond donors (Lipinski definition) is 1. The Balaban J connectivity index is 2.26. The largest absolute Gasteiger partial charge is 0.322 e. The highest BCUT2D eigenvalue weighted by Crippen LogP contribution is 2.23. The van der Waals surface area contributed by atoms with Crippen LogP contribution in [-0.4, -0.2) is 5.91 Å². The van der Waals surface area contributed by atoms with Crippen LogP contribution in [0.1, 0.15) is 15.9 Å². The molecule has 0 fully saturated rings. The van der Waals surface area contributed by atoms with E-state index in [1.807, 2.05) is 13.0 Å². The molecule has 2 aromatic carbocycles. The maximum atomic E-state index is 13.1. The van der Waals surface area contributed by atoms with Crippen molar-refractivity contribution in [3.63, 3.8) is 0 Å². The lowest BCUT2D eigenvalue weighted by molar-refractivity contribution is 0.102. The minimum absolute atomic E-state index is 0.225. The van der Waals surface area contributed by atoms with Crippen molar-refractivity contribution < 1.29 is 9.18 Å². The van der Waals surface area contributed by atoms with Crippen molar-refractivity contribution in [1.29, 1.82) is 0 Å². The van der Waals surface area contributed by atoms with Crippen LogP contribution in [0.4, 0.5) is 10.1 Å². The molecule has 0 saturated carbocycles. The molecule has 0 unspecified atom stereocenters. The molecule has 19 heavy (non-hydrogen) atoms. The summed E-state index contributed by atoms with van der Waals surface area (Å²) in [4.78, 5) is 12.1. The molecule has 5 heteroatoms. The normalized spacial score (nSPS) is 10.3. The predicted octanol–water partition coefficient (Wildman–Crippen LogP) is 4.91. The predicted molar refractivity (Wildman–Crippen MR) is 80.9 cm³/mol. The van der Waals surface area contributed by atoms with Gasteiger partial charge >= 0.3 is 0 Å². The number of rotatable bonds is 2. The first-order valence-electron chi connectivity index (χ1n) is 5.50. The summed E-state index contributed by atoms with van der Waals surface area (Å²) < 4.78 is 14.3. The molecule has 1 amide bonds. The average molecular weight is 387 g/mol. The van der Waals surface area contributed by atoms with Gasteiger partial charge in [0.2, 0.25) is 0 Å². The molecule has 1 N–H and O–H groups in total. The van der Waals surface area contributed by atoms with E-state index in [9.17, 15) is 9.18 Å². The van der Waals surface area contributed by atoms with Gasteiger partial charge in [-0.1, -0.05) is 22.0 Å². The molecular formula is C14H10Br2FNO. The van der Waals surface area contributed by atoms with E-state index in [2.05, 4.69) is 37.2 Å². The van der Waals surface area contributed by atoms with Crippen LogP contribution in [-0.2, 0) is 0 Å². The molecule has 0 aromatic heterocycles. The van der Waals surface area contributed by atoms with Crippen LogP contribution in [0.15, 0.2) is 45.3 Å². The minimum atomic E-state index is -0.364. The third-order valence-corrected chi connectivity index (χ3v) is 4.16. The molecule has 0 saturated heterocycles. The van der Waals surface area contributed by atoms with Gasteiger partial charge in [-0.15, -0.1) is 0 Å². The van der Waals surface area contributed by atoms with Gasteiger partial charge in [0.15, 0.2) is 0 Å². The summed E-state index contributed by atoms with van der Waals surface area (Å²) >= 11 is 6.47. The Kier molecular flexibility index (Phi) is 4.37. The molecule has 2 nitrogen and oxygen atoms in total. The van der Waals surface area contributed by atoms with Crippen molar-refractivity contribution in [2.75, 3.05) is 5.32 Å². The van der Waals surface area contributed by atoms with E-state index in [0.717, 1.165) is 10.0 Å². The number of carbonyl (C=O) groups is 1. The van der Waals surface area contributed by atoms with E-state index in [1.165, 1.54) is 18.2 Å². The number of carbonyl (C=O) groups excluding carboxylic acids is 1. The van der Waals surface area contributed by atoms with E-state index in [0.29, 0.717) is 15.7 Å². The van der Waals surface area contributed by atoms with Gasteiger partial charge in [-0.3, -0.25) is 4.79 Å². The molecule has 0 aliphatic carbocycles. The molecule has 98 valence electrons. The quantitative estimate of drug-likeness (QED) is 0.780. The Morgan fingerprint density at radius 2 is 1.89 bits per heavy atom. The van der Waals surface area contributed by atoms with Gasteiger partial charge < -0.3 is 5.32 Å². The van der Waals surface area contributed by atoms with Crippen LogP contribution in [0, 0.1) is 12.7 Å². The molecule has 0 spiro atoms. The number of amides is 1. The van der Waals surface area contributed by atoms with E-state index in [4.69, 9.17) is 0 Å². The van der Waals surface area contributed by atoms with Gasteiger partial charge in [0.1, 0.15) is 5.82 Å². The summed E-state index contributed by atoms with van der Waals surface area (Å²) in [7, 11) is 0. The second-order valence-corrected chi connectivity index (χ2v) is 5.70. The highest BCUT2D eigenvalue weighted by Gasteiger charge is 2.11. The molecule has 0 bridgehead atoms. The Morgan fingerprint density at radius 3 is 2.58 bits per heavy atom. The molecular weight excluding hydrogens is 377 g/mol. The van der Waals surface area contributed by atoms with Crippen LogP contribution in [0.2, 0.25) is 0 Å². The summed E-state index contributed by atoms with van der Waals surface area (Å²) in [5.41, 5.74) is 1.98. The lowest BCUT2D eigenvalue weighted by Crippen LogP contribution is -2.13. The van der Waals surface area contributed by atoms with Gasteiger partial charge in [0.05, 0.1) is 4.47 Å². The number of halogens is 3. The van der Waals surface area contributed by atoms with Crippen LogP contribution >= 0.6 is 31.9 Å². The third kappa shape index (κ3) is 3.22. The van der Waals surface area contributed by atoms with Crippen LogP contribution in [0.5, 0.6) is 0 Å². The van der Waals surface area contributed by atoms with E-state index < -0.39 is 0 Å². The van der Waals surface area contributed by atoms with E-state index in [1.54, 1.807) is 12.1 Å². The molecule has 0 heterocycles. The summed E-state index contributed by atoms with van der Waals surface area (Å²) in [6.07, 6.45) is 0. The van der Waals surface area contributed by atoms with Gasteiger partial charge in [0, 0.05) is 15.7 Å². The first-order valence-corrected chi connectivity index (χ1v) is 7.09. The van der Waals surface area contributed by atoms with Crippen molar-refractivity contribution in [3.05, 3.63) is 62.3 Å². The fraction of sp³-hybridized carbons (Fsp3) is 0.0714. The highest BCUT2D eigenvalue weighted by molar-refractivity contribution is 9.10. The standard InChI is InChI=1S/C14H10Br2FNO/c1-8-10(3-2-4-11(8)15)14(19)18-9-5-6-13(17)12(16)7-9/h2-7H,1H3,(H,18,19). The van der Waals surface area contributed by atoms with Crippen molar-refractivity contribution in [2.45, 2.75) is 6.92 Å². The molecule has 0 aliphatic rings.